The fraction of sp³-hybridized carbons (Fsp3) is 0.500. The minimum absolute atomic E-state index is 0.0823. The summed E-state index contributed by atoms with van der Waals surface area (Å²) in [6, 6.07) is 3.52. The predicted molar refractivity (Wildman–Crippen MR) is 67.4 cm³/mol. The van der Waals surface area contributed by atoms with Crippen molar-refractivity contribution in [2.24, 2.45) is 0 Å². The highest BCUT2D eigenvalue weighted by Crippen LogP contribution is 2.14. The monoisotopic (exact) mass is 261 g/mol. The normalized spacial score (nSPS) is 18.8. The van der Waals surface area contributed by atoms with Gasteiger partial charge in [-0.05, 0) is 6.07 Å². The number of carbonyl (C=O) groups excluding carboxylic acids is 1. The molecule has 1 aromatic rings. The number of likely N-dealkylation sites (N-methyl/N-ethyl adjacent to an activating group) is 1. The molecule has 1 aliphatic rings. The van der Waals surface area contributed by atoms with E-state index in [2.05, 4.69) is 9.97 Å². The second-order valence-electron chi connectivity index (χ2n) is 4.39. The Morgan fingerprint density at radius 2 is 2.42 bits per heavy atom. The predicted octanol–water partition coefficient (Wildman–Crippen LogP) is -0.358. The van der Waals surface area contributed by atoms with Crippen LogP contribution in [0.5, 0.6) is 0 Å². The van der Waals surface area contributed by atoms with Crippen molar-refractivity contribution in [2.45, 2.75) is 6.10 Å². The van der Waals surface area contributed by atoms with Crippen molar-refractivity contribution in [2.75, 3.05) is 38.7 Å². The summed E-state index contributed by atoms with van der Waals surface area (Å²) in [5, 5.41) is 8.83. The lowest BCUT2D eigenvalue weighted by molar-refractivity contribution is -0.141. The lowest BCUT2D eigenvalue weighted by Gasteiger charge is -2.33. The molecule has 2 heterocycles. The maximum atomic E-state index is 11.9. The third-order valence-electron chi connectivity index (χ3n) is 2.82. The van der Waals surface area contributed by atoms with E-state index in [0.29, 0.717) is 31.3 Å². The summed E-state index contributed by atoms with van der Waals surface area (Å²) < 4.78 is 5.46. The zero-order chi connectivity index (χ0) is 13.8. The van der Waals surface area contributed by atoms with Gasteiger partial charge in [-0.2, -0.15) is 5.26 Å². The standard InChI is InChI=1S/C12H15N5O2/c1-16(2)11(18)10-8-17(5-6-19-10)12-14-4-3-9(7-13)15-12/h3-4,10H,5-6,8H2,1-2H3. The molecule has 1 amide bonds. The van der Waals surface area contributed by atoms with Crippen LogP contribution in [0.25, 0.3) is 0 Å². The lowest BCUT2D eigenvalue weighted by Crippen LogP contribution is -2.50. The van der Waals surface area contributed by atoms with Crippen molar-refractivity contribution in [3.63, 3.8) is 0 Å². The molecule has 7 heteroatoms. The highest BCUT2D eigenvalue weighted by Gasteiger charge is 2.29. The quantitative estimate of drug-likeness (QED) is 0.723. The first kappa shape index (κ1) is 13.2. The number of hydrogen-bond donors (Lipinski definition) is 0. The largest absolute Gasteiger partial charge is 0.365 e. The van der Waals surface area contributed by atoms with Crippen molar-refractivity contribution in [3.8, 4) is 6.07 Å². The van der Waals surface area contributed by atoms with Crippen molar-refractivity contribution in [1.29, 1.82) is 5.26 Å². The number of nitrogens with zero attached hydrogens (tertiary/aromatic N) is 5. The number of rotatable bonds is 2. The number of aromatic nitrogens is 2. The Hall–Kier alpha value is -2.20. The molecule has 1 fully saturated rings. The van der Waals surface area contributed by atoms with E-state index in [1.54, 1.807) is 26.4 Å². The summed E-state index contributed by atoms with van der Waals surface area (Å²) in [4.78, 5) is 23.5. The van der Waals surface area contributed by atoms with Gasteiger partial charge in [0.25, 0.3) is 5.91 Å². The van der Waals surface area contributed by atoms with E-state index >= 15 is 0 Å². The van der Waals surface area contributed by atoms with E-state index in [9.17, 15) is 4.79 Å². The Bertz CT molecular complexity index is 511. The molecule has 100 valence electrons. The van der Waals surface area contributed by atoms with Crippen LogP contribution in [0, 0.1) is 11.3 Å². The Kier molecular flexibility index (Phi) is 3.92. The molecule has 0 bridgehead atoms. The molecule has 0 aromatic carbocycles. The Morgan fingerprint density at radius 1 is 1.63 bits per heavy atom. The summed E-state index contributed by atoms with van der Waals surface area (Å²) in [5.41, 5.74) is 0.312. The van der Waals surface area contributed by atoms with E-state index in [1.807, 2.05) is 11.0 Å². The Labute approximate surface area is 111 Å². The van der Waals surface area contributed by atoms with Crippen LogP contribution in [0.3, 0.4) is 0 Å². The number of nitriles is 1. The average molecular weight is 261 g/mol. The fourth-order valence-electron chi connectivity index (χ4n) is 1.83. The van der Waals surface area contributed by atoms with Gasteiger partial charge in [0.05, 0.1) is 13.2 Å². The zero-order valence-electron chi connectivity index (χ0n) is 10.9. The van der Waals surface area contributed by atoms with Gasteiger partial charge < -0.3 is 14.5 Å². The molecule has 19 heavy (non-hydrogen) atoms. The summed E-state index contributed by atoms with van der Waals surface area (Å²) in [7, 11) is 3.38. The second-order valence-corrected chi connectivity index (χ2v) is 4.39. The lowest BCUT2D eigenvalue weighted by atomic mass is 10.2. The third kappa shape index (κ3) is 2.98. The molecule has 0 saturated carbocycles. The molecule has 1 atom stereocenters. The molecule has 2 rings (SSSR count). The second kappa shape index (κ2) is 5.63. The van der Waals surface area contributed by atoms with E-state index in [4.69, 9.17) is 10.00 Å². The van der Waals surface area contributed by atoms with Gasteiger partial charge in [-0.3, -0.25) is 4.79 Å². The fourth-order valence-corrected chi connectivity index (χ4v) is 1.83. The zero-order valence-corrected chi connectivity index (χ0v) is 10.9. The van der Waals surface area contributed by atoms with Crippen molar-refractivity contribution >= 4 is 11.9 Å². The van der Waals surface area contributed by atoms with Crippen LogP contribution in [0.2, 0.25) is 0 Å². The average Bonchev–Trinajstić information content (AvgIpc) is 2.46. The van der Waals surface area contributed by atoms with Crippen LogP contribution in [0.15, 0.2) is 12.3 Å². The molecule has 0 spiro atoms. The van der Waals surface area contributed by atoms with Crippen LogP contribution < -0.4 is 4.90 Å². The first-order chi connectivity index (χ1) is 9.11. The summed E-state index contributed by atoms with van der Waals surface area (Å²) in [5.74, 6) is 0.375. The molecule has 7 nitrogen and oxygen atoms in total. The van der Waals surface area contributed by atoms with Crippen molar-refractivity contribution < 1.29 is 9.53 Å². The maximum absolute atomic E-state index is 11.9. The van der Waals surface area contributed by atoms with Crippen molar-refractivity contribution in [3.05, 3.63) is 18.0 Å². The van der Waals surface area contributed by atoms with Crippen LogP contribution in [-0.2, 0) is 9.53 Å². The number of carbonyl (C=O) groups is 1. The van der Waals surface area contributed by atoms with Gasteiger partial charge in [0.15, 0.2) is 6.10 Å². The number of ether oxygens (including phenoxy) is 1. The maximum Gasteiger partial charge on any atom is 0.253 e. The Morgan fingerprint density at radius 3 is 3.11 bits per heavy atom. The van der Waals surface area contributed by atoms with Crippen LogP contribution in [0.1, 0.15) is 5.69 Å². The number of morpholine rings is 1. The topological polar surface area (TPSA) is 82.4 Å². The van der Waals surface area contributed by atoms with Crippen LogP contribution in [-0.4, -0.2) is 60.7 Å². The number of anilines is 1. The summed E-state index contributed by atoms with van der Waals surface area (Å²) in [6.45, 7) is 1.43. The van der Waals surface area contributed by atoms with Gasteiger partial charge in [0.2, 0.25) is 5.95 Å². The first-order valence-electron chi connectivity index (χ1n) is 5.92. The van der Waals surface area contributed by atoms with Gasteiger partial charge in [-0.1, -0.05) is 0 Å². The molecular weight excluding hydrogens is 246 g/mol. The Balaban J connectivity index is 2.13. The van der Waals surface area contributed by atoms with Gasteiger partial charge in [0, 0.05) is 26.8 Å². The molecular formula is C12H15N5O2. The van der Waals surface area contributed by atoms with Gasteiger partial charge in [-0.15, -0.1) is 0 Å². The summed E-state index contributed by atoms with van der Waals surface area (Å²) in [6.07, 6.45) is 1.03. The van der Waals surface area contributed by atoms with E-state index in [-0.39, 0.29) is 5.91 Å². The number of hydrogen-bond acceptors (Lipinski definition) is 6. The molecule has 1 aliphatic heterocycles. The van der Waals surface area contributed by atoms with E-state index in [1.165, 1.54) is 4.90 Å². The van der Waals surface area contributed by atoms with Gasteiger partial charge >= 0.3 is 0 Å². The van der Waals surface area contributed by atoms with Gasteiger partial charge in [-0.25, -0.2) is 9.97 Å². The molecule has 1 aromatic heterocycles. The van der Waals surface area contributed by atoms with Crippen LogP contribution in [0.4, 0.5) is 5.95 Å². The first-order valence-corrected chi connectivity index (χ1v) is 5.92. The molecule has 0 radical (unpaired) electrons. The molecule has 0 N–H and O–H groups in total. The molecule has 1 unspecified atom stereocenters. The van der Waals surface area contributed by atoms with Crippen LogP contribution >= 0.6 is 0 Å². The minimum Gasteiger partial charge on any atom is -0.365 e. The summed E-state index contributed by atoms with van der Waals surface area (Å²) >= 11 is 0. The third-order valence-corrected chi connectivity index (χ3v) is 2.82. The van der Waals surface area contributed by atoms with Gasteiger partial charge in [0.1, 0.15) is 11.8 Å². The van der Waals surface area contributed by atoms with Crippen molar-refractivity contribution in [1.82, 2.24) is 14.9 Å². The van der Waals surface area contributed by atoms with E-state index in [0.717, 1.165) is 0 Å². The highest BCUT2D eigenvalue weighted by atomic mass is 16.5. The molecule has 0 aliphatic carbocycles. The smallest absolute Gasteiger partial charge is 0.253 e. The highest BCUT2D eigenvalue weighted by molar-refractivity contribution is 5.81. The van der Waals surface area contributed by atoms with E-state index < -0.39 is 6.10 Å². The number of amides is 1. The molecule has 1 saturated heterocycles. The SMILES string of the molecule is CN(C)C(=O)C1CN(c2nccc(C#N)n2)CCO1. The minimum atomic E-state index is -0.516.